The van der Waals surface area contributed by atoms with Crippen LogP contribution in [0.15, 0.2) is 12.1 Å². The highest BCUT2D eigenvalue weighted by molar-refractivity contribution is 6.33. The molecule has 14 heavy (non-hydrogen) atoms. The van der Waals surface area contributed by atoms with Gasteiger partial charge < -0.3 is 11.1 Å². The highest BCUT2D eigenvalue weighted by Gasteiger charge is 2.20. The summed E-state index contributed by atoms with van der Waals surface area (Å²) in [6.07, 6.45) is 0.956. The number of nitrogens with one attached hydrogen (secondary N) is 1. The van der Waals surface area contributed by atoms with Gasteiger partial charge in [0.15, 0.2) is 0 Å². The fourth-order valence-corrected chi connectivity index (χ4v) is 1.98. The Morgan fingerprint density at radius 3 is 2.93 bits per heavy atom. The van der Waals surface area contributed by atoms with E-state index >= 15 is 0 Å². The molecule has 0 spiro atoms. The minimum atomic E-state index is -0.249. The van der Waals surface area contributed by atoms with Crippen LogP contribution in [0.2, 0.25) is 5.02 Å². The molecule has 1 aromatic carbocycles. The van der Waals surface area contributed by atoms with Crippen LogP contribution < -0.4 is 11.1 Å². The average Bonchev–Trinajstić information content (AvgIpc) is 2.64. The van der Waals surface area contributed by atoms with E-state index < -0.39 is 0 Å². The normalized spacial score (nSPS) is 21.4. The Morgan fingerprint density at radius 1 is 1.50 bits per heavy atom. The van der Waals surface area contributed by atoms with Crippen molar-refractivity contribution in [2.45, 2.75) is 12.3 Å². The lowest BCUT2D eigenvalue weighted by Gasteiger charge is -2.11. The zero-order valence-corrected chi connectivity index (χ0v) is 8.44. The van der Waals surface area contributed by atoms with Crippen LogP contribution in [0, 0.1) is 5.82 Å². The minimum Gasteiger partial charge on any atom is -0.397 e. The number of anilines is 1. The van der Waals surface area contributed by atoms with Crippen molar-refractivity contribution >= 4 is 17.3 Å². The van der Waals surface area contributed by atoms with E-state index in [1.807, 2.05) is 0 Å². The molecule has 0 aliphatic carbocycles. The predicted octanol–water partition coefficient (Wildman–Crippen LogP) is 2.14. The number of halogens is 2. The van der Waals surface area contributed by atoms with Crippen molar-refractivity contribution in [2.24, 2.45) is 0 Å². The van der Waals surface area contributed by atoms with Gasteiger partial charge in [0.2, 0.25) is 0 Å². The van der Waals surface area contributed by atoms with Gasteiger partial charge in [0.25, 0.3) is 0 Å². The maximum atomic E-state index is 13.5. The first-order valence-electron chi connectivity index (χ1n) is 4.63. The van der Waals surface area contributed by atoms with E-state index in [2.05, 4.69) is 5.32 Å². The number of nitrogen functional groups attached to an aromatic ring is 1. The van der Waals surface area contributed by atoms with Gasteiger partial charge in [0.1, 0.15) is 5.82 Å². The van der Waals surface area contributed by atoms with E-state index in [4.69, 9.17) is 17.3 Å². The monoisotopic (exact) mass is 214 g/mol. The van der Waals surface area contributed by atoms with Crippen LogP contribution in [-0.4, -0.2) is 13.1 Å². The first-order valence-corrected chi connectivity index (χ1v) is 5.01. The van der Waals surface area contributed by atoms with Gasteiger partial charge in [-0.3, -0.25) is 0 Å². The molecule has 4 heteroatoms. The molecule has 2 nitrogen and oxygen atoms in total. The molecule has 0 aromatic heterocycles. The Bertz CT molecular complexity index is 348. The van der Waals surface area contributed by atoms with Gasteiger partial charge in [-0.05, 0) is 30.7 Å². The summed E-state index contributed by atoms with van der Waals surface area (Å²) >= 11 is 5.85. The molecule has 1 aromatic rings. The standard InChI is InChI=1S/C10H12ClFN2/c11-8-3-7(6-1-2-14-5-6)9(12)4-10(8)13/h3-4,6,14H,1-2,5,13H2. The summed E-state index contributed by atoms with van der Waals surface area (Å²) in [4.78, 5) is 0. The van der Waals surface area contributed by atoms with Crippen molar-refractivity contribution in [1.82, 2.24) is 5.32 Å². The van der Waals surface area contributed by atoms with Gasteiger partial charge >= 0.3 is 0 Å². The van der Waals surface area contributed by atoms with Crippen LogP contribution in [0.3, 0.4) is 0 Å². The van der Waals surface area contributed by atoms with Crippen LogP contribution in [-0.2, 0) is 0 Å². The molecule has 2 rings (SSSR count). The van der Waals surface area contributed by atoms with Crippen molar-refractivity contribution in [3.63, 3.8) is 0 Å². The van der Waals surface area contributed by atoms with Gasteiger partial charge in [-0.15, -0.1) is 0 Å². The van der Waals surface area contributed by atoms with Gasteiger partial charge in [-0.2, -0.15) is 0 Å². The van der Waals surface area contributed by atoms with Crippen LogP contribution in [0.5, 0.6) is 0 Å². The predicted molar refractivity (Wildman–Crippen MR) is 56.1 cm³/mol. The Balaban J connectivity index is 2.37. The average molecular weight is 215 g/mol. The lowest BCUT2D eigenvalue weighted by atomic mass is 9.97. The Morgan fingerprint density at radius 2 is 2.29 bits per heavy atom. The minimum absolute atomic E-state index is 0.230. The molecule has 0 bridgehead atoms. The van der Waals surface area contributed by atoms with Crippen molar-refractivity contribution < 1.29 is 4.39 Å². The third-order valence-electron chi connectivity index (χ3n) is 2.62. The van der Waals surface area contributed by atoms with Gasteiger partial charge in [-0.25, -0.2) is 4.39 Å². The highest BCUT2D eigenvalue weighted by atomic mass is 35.5. The first-order chi connectivity index (χ1) is 6.68. The second kappa shape index (κ2) is 3.75. The quantitative estimate of drug-likeness (QED) is 0.703. The number of hydrogen-bond acceptors (Lipinski definition) is 2. The number of benzene rings is 1. The second-order valence-corrected chi connectivity index (χ2v) is 3.99. The molecule has 0 saturated carbocycles. The SMILES string of the molecule is Nc1cc(F)c(C2CCNC2)cc1Cl. The summed E-state index contributed by atoms with van der Waals surface area (Å²) in [5, 5.41) is 3.63. The molecule has 0 amide bonds. The van der Waals surface area contributed by atoms with Crippen molar-refractivity contribution in [3.05, 3.63) is 28.5 Å². The molecule has 1 fully saturated rings. The number of nitrogens with two attached hydrogens (primary N) is 1. The molecule has 1 unspecified atom stereocenters. The lowest BCUT2D eigenvalue weighted by molar-refractivity contribution is 0.589. The molecule has 1 atom stereocenters. The van der Waals surface area contributed by atoms with Gasteiger partial charge in [0.05, 0.1) is 10.7 Å². The van der Waals surface area contributed by atoms with Crippen LogP contribution in [0.25, 0.3) is 0 Å². The largest absolute Gasteiger partial charge is 0.397 e. The summed E-state index contributed by atoms with van der Waals surface area (Å²) in [5.41, 5.74) is 6.48. The molecule has 1 saturated heterocycles. The molecule has 1 aliphatic heterocycles. The van der Waals surface area contributed by atoms with Gasteiger partial charge in [-0.1, -0.05) is 11.6 Å². The summed E-state index contributed by atoms with van der Waals surface area (Å²) in [6.45, 7) is 1.75. The Hall–Kier alpha value is -0.800. The number of rotatable bonds is 1. The van der Waals surface area contributed by atoms with E-state index in [1.165, 1.54) is 6.07 Å². The molecule has 0 radical (unpaired) electrons. The van der Waals surface area contributed by atoms with E-state index in [9.17, 15) is 4.39 Å². The topological polar surface area (TPSA) is 38.0 Å². The van der Waals surface area contributed by atoms with E-state index in [0.29, 0.717) is 16.3 Å². The highest BCUT2D eigenvalue weighted by Crippen LogP contribution is 2.30. The van der Waals surface area contributed by atoms with Crippen molar-refractivity contribution in [1.29, 1.82) is 0 Å². The maximum Gasteiger partial charge on any atom is 0.128 e. The van der Waals surface area contributed by atoms with Crippen LogP contribution in [0.1, 0.15) is 17.9 Å². The number of hydrogen-bond donors (Lipinski definition) is 2. The molecular formula is C10H12ClFN2. The third-order valence-corrected chi connectivity index (χ3v) is 2.94. The molecular weight excluding hydrogens is 203 g/mol. The zero-order chi connectivity index (χ0) is 10.1. The molecule has 3 N–H and O–H groups in total. The summed E-state index contributed by atoms with van der Waals surface area (Å²) in [7, 11) is 0. The zero-order valence-electron chi connectivity index (χ0n) is 7.69. The van der Waals surface area contributed by atoms with E-state index in [1.54, 1.807) is 6.07 Å². The fraction of sp³-hybridized carbons (Fsp3) is 0.400. The Kier molecular flexibility index (Phi) is 2.61. The van der Waals surface area contributed by atoms with E-state index in [-0.39, 0.29) is 11.7 Å². The third kappa shape index (κ3) is 1.70. The lowest BCUT2D eigenvalue weighted by Crippen LogP contribution is -2.09. The van der Waals surface area contributed by atoms with Crippen molar-refractivity contribution in [3.8, 4) is 0 Å². The maximum absolute atomic E-state index is 13.5. The first kappa shape index (κ1) is 9.74. The molecule has 1 aliphatic rings. The van der Waals surface area contributed by atoms with Crippen LogP contribution >= 0.6 is 11.6 Å². The van der Waals surface area contributed by atoms with Crippen LogP contribution in [0.4, 0.5) is 10.1 Å². The summed E-state index contributed by atoms with van der Waals surface area (Å²) in [6, 6.07) is 2.94. The fourth-order valence-electron chi connectivity index (χ4n) is 1.81. The molecule has 1 heterocycles. The summed E-state index contributed by atoms with van der Waals surface area (Å²) in [5.74, 6) is -0.0197. The van der Waals surface area contributed by atoms with Gasteiger partial charge in [0, 0.05) is 12.5 Å². The Labute approximate surface area is 87.2 Å². The second-order valence-electron chi connectivity index (χ2n) is 3.58. The molecule has 76 valence electrons. The summed E-state index contributed by atoms with van der Waals surface area (Å²) < 4.78 is 13.5. The van der Waals surface area contributed by atoms with Crippen molar-refractivity contribution in [2.75, 3.05) is 18.8 Å². The smallest absolute Gasteiger partial charge is 0.128 e. The van der Waals surface area contributed by atoms with E-state index in [0.717, 1.165) is 19.5 Å².